The summed E-state index contributed by atoms with van der Waals surface area (Å²) in [6.45, 7) is 4.98. The van der Waals surface area contributed by atoms with Gasteiger partial charge in [-0.3, -0.25) is 10.1 Å². The van der Waals surface area contributed by atoms with Crippen molar-refractivity contribution in [3.63, 3.8) is 0 Å². The summed E-state index contributed by atoms with van der Waals surface area (Å²) in [6, 6.07) is 0. The number of nitro groups is 1. The fourth-order valence-electron chi connectivity index (χ4n) is 1.85. The summed E-state index contributed by atoms with van der Waals surface area (Å²) in [5, 5.41) is 21.9. The molecule has 0 saturated heterocycles. The molecule has 0 aromatic carbocycles. The molecule has 0 fully saturated rings. The highest BCUT2D eigenvalue weighted by molar-refractivity contribution is 5.74. The molecule has 0 aliphatic heterocycles. The highest BCUT2D eigenvalue weighted by Crippen LogP contribution is 2.32. The van der Waals surface area contributed by atoms with Gasteiger partial charge < -0.3 is 5.32 Å². The van der Waals surface area contributed by atoms with E-state index in [1.165, 1.54) is 12.5 Å². The number of aromatic nitrogens is 5. The van der Waals surface area contributed by atoms with Gasteiger partial charge in [0.05, 0.1) is 11.1 Å². The predicted octanol–water partition coefficient (Wildman–Crippen LogP) is 1.49. The number of rotatable bonds is 6. The van der Waals surface area contributed by atoms with E-state index in [1.807, 2.05) is 13.8 Å². The molecule has 0 bridgehead atoms. The quantitative estimate of drug-likeness (QED) is 0.628. The molecule has 0 aliphatic carbocycles. The Bertz CT molecular complexity index is 611. The Kier molecular flexibility index (Phi) is 4.18. The van der Waals surface area contributed by atoms with Crippen LogP contribution in [0, 0.1) is 10.1 Å². The first-order valence-electron chi connectivity index (χ1n) is 6.31. The molecule has 0 atom stereocenters. The first-order chi connectivity index (χ1) is 9.69. The van der Waals surface area contributed by atoms with Crippen LogP contribution < -0.4 is 5.32 Å². The normalized spacial score (nSPS) is 10.5. The second kappa shape index (κ2) is 6.04. The third-order valence-corrected chi connectivity index (χ3v) is 2.64. The van der Waals surface area contributed by atoms with E-state index < -0.39 is 4.92 Å². The lowest BCUT2D eigenvalue weighted by molar-refractivity contribution is -0.383. The predicted molar refractivity (Wildman–Crippen MR) is 72.2 cm³/mol. The Morgan fingerprint density at radius 3 is 2.85 bits per heavy atom. The number of nitrogens with one attached hydrogen (secondary N) is 1. The van der Waals surface area contributed by atoms with Gasteiger partial charge in [0.15, 0.2) is 5.69 Å². The fraction of sp³-hybridized carbons (Fsp3) is 0.455. The van der Waals surface area contributed by atoms with Crippen LogP contribution in [0.3, 0.4) is 0 Å². The van der Waals surface area contributed by atoms with Crippen LogP contribution in [-0.4, -0.2) is 36.4 Å². The van der Waals surface area contributed by atoms with Crippen LogP contribution in [0.2, 0.25) is 0 Å². The molecule has 9 nitrogen and oxygen atoms in total. The molecule has 2 heterocycles. The Morgan fingerprint density at radius 2 is 2.20 bits per heavy atom. The maximum atomic E-state index is 11.3. The van der Waals surface area contributed by atoms with Crippen molar-refractivity contribution in [1.82, 2.24) is 25.0 Å². The van der Waals surface area contributed by atoms with Crippen molar-refractivity contribution >= 4 is 11.5 Å². The van der Waals surface area contributed by atoms with Gasteiger partial charge >= 0.3 is 5.69 Å². The van der Waals surface area contributed by atoms with Crippen LogP contribution in [-0.2, 0) is 6.54 Å². The summed E-state index contributed by atoms with van der Waals surface area (Å²) < 4.78 is 1.60. The van der Waals surface area contributed by atoms with E-state index in [9.17, 15) is 10.1 Å². The van der Waals surface area contributed by atoms with Crippen LogP contribution in [0.5, 0.6) is 0 Å². The van der Waals surface area contributed by atoms with Crippen molar-refractivity contribution < 1.29 is 4.92 Å². The SMILES string of the molecule is CCCn1nncc1-c1ncnc(NCC)c1[N+](=O)[O-]. The summed E-state index contributed by atoms with van der Waals surface area (Å²) >= 11 is 0. The molecule has 2 aromatic rings. The first kappa shape index (κ1) is 13.8. The summed E-state index contributed by atoms with van der Waals surface area (Å²) in [7, 11) is 0. The van der Waals surface area contributed by atoms with Crippen molar-refractivity contribution in [2.75, 3.05) is 11.9 Å². The van der Waals surface area contributed by atoms with E-state index in [4.69, 9.17) is 0 Å². The topological polar surface area (TPSA) is 112 Å². The molecule has 9 heteroatoms. The van der Waals surface area contributed by atoms with E-state index in [2.05, 4.69) is 25.6 Å². The van der Waals surface area contributed by atoms with E-state index in [-0.39, 0.29) is 17.2 Å². The number of anilines is 1. The summed E-state index contributed by atoms with van der Waals surface area (Å²) in [5.41, 5.74) is 0.577. The van der Waals surface area contributed by atoms with Crippen molar-refractivity contribution in [2.24, 2.45) is 0 Å². The molecule has 0 unspecified atom stereocenters. The molecular weight excluding hydrogens is 262 g/mol. The van der Waals surface area contributed by atoms with Crippen molar-refractivity contribution in [2.45, 2.75) is 26.8 Å². The highest BCUT2D eigenvalue weighted by Gasteiger charge is 2.26. The molecule has 1 N–H and O–H groups in total. The van der Waals surface area contributed by atoms with Gasteiger partial charge in [0.1, 0.15) is 12.0 Å². The van der Waals surface area contributed by atoms with Gasteiger partial charge in [0.2, 0.25) is 5.82 Å². The lowest BCUT2D eigenvalue weighted by Gasteiger charge is -2.07. The molecule has 2 rings (SSSR count). The summed E-state index contributed by atoms with van der Waals surface area (Å²) in [6.07, 6.45) is 3.61. The zero-order chi connectivity index (χ0) is 14.5. The lowest BCUT2D eigenvalue weighted by Crippen LogP contribution is -2.08. The third-order valence-electron chi connectivity index (χ3n) is 2.64. The highest BCUT2D eigenvalue weighted by atomic mass is 16.6. The van der Waals surface area contributed by atoms with Crippen LogP contribution in [0.1, 0.15) is 20.3 Å². The van der Waals surface area contributed by atoms with Gasteiger partial charge in [0.25, 0.3) is 0 Å². The third kappa shape index (κ3) is 2.56. The van der Waals surface area contributed by atoms with Crippen LogP contribution >= 0.6 is 0 Å². The maximum absolute atomic E-state index is 11.3. The van der Waals surface area contributed by atoms with Gasteiger partial charge in [-0.1, -0.05) is 12.1 Å². The van der Waals surface area contributed by atoms with Crippen molar-refractivity contribution in [1.29, 1.82) is 0 Å². The first-order valence-corrected chi connectivity index (χ1v) is 6.31. The Hall–Kier alpha value is -2.58. The molecular formula is C11H15N7O2. The van der Waals surface area contributed by atoms with Gasteiger partial charge in [-0.2, -0.15) is 0 Å². The van der Waals surface area contributed by atoms with Gasteiger partial charge in [0, 0.05) is 13.1 Å². The number of nitrogens with zero attached hydrogens (tertiary/aromatic N) is 6. The Labute approximate surface area is 115 Å². The van der Waals surface area contributed by atoms with Gasteiger partial charge in [-0.15, -0.1) is 5.10 Å². The van der Waals surface area contributed by atoms with Crippen LogP contribution in [0.25, 0.3) is 11.4 Å². The summed E-state index contributed by atoms with van der Waals surface area (Å²) in [5.74, 6) is 0.201. The zero-order valence-corrected chi connectivity index (χ0v) is 11.3. The molecule has 106 valence electrons. The van der Waals surface area contributed by atoms with Crippen molar-refractivity contribution in [3.05, 3.63) is 22.6 Å². The van der Waals surface area contributed by atoms with E-state index in [1.54, 1.807) is 4.68 Å². The maximum Gasteiger partial charge on any atom is 0.339 e. The molecule has 0 amide bonds. The largest absolute Gasteiger partial charge is 0.364 e. The molecule has 0 spiro atoms. The van der Waals surface area contributed by atoms with E-state index >= 15 is 0 Å². The Morgan fingerprint density at radius 1 is 1.40 bits per heavy atom. The average Bonchev–Trinajstić information content (AvgIpc) is 2.87. The lowest BCUT2D eigenvalue weighted by atomic mass is 10.2. The second-order valence-electron chi connectivity index (χ2n) is 4.05. The van der Waals surface area contributed by atoms with Gasteiger partial charge in [-0.05, 0) is 13.3 Å². The molecule has 0 aliphatic rings. The number of hydrogen-bond donors (Lipinski definition) is 1. The van der Waals surface area contributed by atoms with Crippen LogP contribution in [0.15, 0.2) is 12.5 Å². The molecule has 0 saturated carbocycles. The smallest absolute Gasteiger partial charge is 0.339 e. The average molecular weight is 277 g/mol. The van der Waals surface area contributed by atoms with Crippen molar-refractivity contribution in [3.8, 4) is 11.4 Å². The molecule has 2 aromatic heterocycles. The second-order valence-corrected chi connectivity index (χ2v) is 4.05. The fourth-order valence-corrected chi connectivity index (χ4v) is 1.85. The monoisotopic (exact) mass is 277 g/mol. The minimum absolute atomic E-state index is 0.158. The minimum atomic E-state index is -0.489. The van der Waals surface area contributed by atoms with E-state index in [0.29, 0.717) is 18.8 Å². The Balaban J connectivity index is 2.58. The van der Waals surface area contributed by atoms with E-state index in [0.717, 1.165) is 6.42 Å². The molecule has 20 heavy (non-hydrogen) atoms. The van der Waals surface area contributed by atoms with Crippen LogP contribution in [0.4, 0.5) is 11.5 Å². The number of aryl methyl sites for hydroxylation is 1. The zero-order valence-electron chi connectivity index (χ0n) is 11.3. The number of hydrogen-bond acceptors (Lipinski definition) is 7. The minimum Gasteiger partial charge on any atom is -0.364 e. The standard InChI is InChI=1S/C11H15N7O2/c1-3-5-17-8(6-15-16-17)9-10(18(19)20)11(12-4-2)14-7-13-9/h6-7H,3-5H2,1-2H3,(H,12,13,14). The van der Waals surface area contributed by atoms with Gasteiger partial charge in [-0.25, -0.2) is 14.6 Å². The molecule has 0 radical (unpaired) electrons. The summed E-state index contributed by atoms with van der Waals surface area (Å²) in [4.78, 5) is 18.8.